The van der Waals surface area contributed by atoms with Crippen LogP contribution in [0.2, 0.25) is 0 Å². The van der Waals surface area contributed by atoms with Gasteiger partial charge in [-0.05, 0) is 47.5 Å². The molecule has 0 fully saturated rings. The second kappa shape index (κ2) is 5.66. The summed E-state index contributed by atoms with van der Waals surface area (Å²) in [5.41, 5.74) is 0.890. The largest absolute Gasteiger partial charge is 0.496 e. The van der Waals surface area contributed by atoms with Crippen LogP contribution in [0.15, 0.2) is 22.7 Å². The van der Waals surface area contributed by atoms with Crippen LogP contribution in [0.5, 0.6) is 5.75 Å². The average molecular weight is 288 g/mol. The Morgan fingerprint density at radius 3 is 2.62 bits per heavy atom. The van der Waals surface area contributed by atoms with E-state index in [9.17, 15) is 0 Å². The summed E-state index contributed by atoms with van der Waals surface area (Å²) in [6.07, 6.45) is 0. The van der Waals surface area contributed by atoms with Crippen molar-refractivity contribution in [2.45, 2.75) is 25.9 Å². The molecular formula is C12H18BrNO2. The first kappa shape index (κ1) is 13.5. The molecule has 90 valence electrons. The second-order valence-electron chi connectivity index (χ2n) is 4.36. The third kappa shape index (κ3) is 3.77. The lowest BCUT2D eigenvalue weighted by atomic mass is 10.1. The zero-order valence-corrected chi connectivity index (χ0v) is 11.5. The topological polar surface area (TPSA) is 41.5 Å². The van der Waals surface area contributed by atoms with Gasteiger partial charge in [-0.25, -0.2) is 0 Å². The van der Waals surface area contributed by atoms with Crippen LogP contribution >= 0.6 is 15.9 Å². The first-order valence-electron chi connectivity index (χ1n) is 5.17. The molecule has 0 aromatic heterocycles. The van der Waals surface area contributed by atoms with Crippen LogP contribution in [0.1, 0.15) is 19.4 Å². The number of ether oxygens (including phenoxy) is 1. The van der Waals surface area contributed by atoms with E-state index in [4.69, 9.17) is 9.84 Å². The van der Waals surface area contributed by atoms with E-state index in [0.717, 1.165) is 22.3 Å². The van der Waals surface area contributed by atoms with Crippen molar-refractivity contribution in [2.24, 2.45) is 0 Å². The third-order valence-electron chi connectivity index (χ3n) is 2.38. The van der Waals surface area contributed by atoms with Gasteiger partial charge in [0.05, 0.1) is 18.2 Å². The maximum absolute atomic E-state index is 9.12. The van der Waals surface area contributed by atoms with Crippen molar-refractivity contribution >= 4 is 15.9 Å². The van der Waals surface area contributed by atoms with Gasteiger partial charge in [0.1, 0.15) is 5.75 Å². The number of hydrogen-bond donors (Lipinski definition) is 2. The van der Waals surface area contributed by atoms with E-state index in [-0.39, 0.29) is 12.1 Å². The zero-order valence-electron chi connectivity index (χ0n) is 9.88. The summed E-state index contributed by atoms with van der Waals surface area (Å²) < 4.78 is 6.10. The van der Waals surface area contributed by atoms with Gasteiger partial charge in [0, 0.05) is 12.1 Å². The molecule has 0 heterocycles. The summed E-state index contributed by atoms with van der Waals surface area (Å²) in [7, 11) is 1.65. The molecule has 0 aliphatic heterocycles. The lowest BCUT2D eigenvalue weighted by molar-refractivity contribution is 0.187. The molecule has 0 amide bonds. The summed E-state index contributed by atoms with van der Waals surface area (Å²) in [5.74, 6) is 0.824. The lowest BCUT2D eigenvalue weighted by Gasteiger charge is -2.23. The van der Waals surface area contributed by atoms with Crippen molar-refractivity contribution in [3.8, 4) is 5.75 Å². The number of hydrogen-bond acceptors (Lipinski definition) is 3. The van der Waals surface area contributed by atoms with Gasteiger partial charge in [0.25, 0.3) is 0 Å². The molecule has 1 aromatic carbocycles. The van der Waals surface area contributed by atoms with Crippen molar-refractivity contribution in [2.75, 3.05) is 13.7 Å². The van der Waals surface area contributed by atoms with Gasteiger partial charge in [-0.3, -0.25) is 0 Å². The van der Waals surface area contributed by atoms with E-state index >= 15 is 0 Å². The summed E-state index contributed by atoms with van der Waals surface area (Å²) in [6, 6.07) is 5.94. The fourth-order valence-corrected chi connectivity index (χ4v) is 1.81. The Labute approximate surface area is 105 Å². The van der Waals surface area contributed by atoms with Crippen molar-refractivity contribution in [3.05, 3.63) is 28.2 Å². The highest BCUT2D eigenvalue weighted by Gasteiger charge is 2.14. The van der Waals surface area contributed by atoms with Crippen LogP contribution in [-0.2, 0) is 6.54 Å². The Morgan fingerprint density at radius 1 is 1.44 bits per heavy atom. The molecule has 0 bridgehead atoms. The van der Waals surface area contributed by atoms with Crippen LogP contribution < -0.4 is 10.1 Å². The number of rotatable bonds is 5. The van der Waals surface area contributed by atoms with Gasteiger partial charge >= 0.3 is 0 Å². The molecule has 4 heteroatoms. The minimum atomic E-state index is -0.258. The molecule has 1 rings (SSSR count). The molecule has 0 aliphatic carbocycles. The Morgan fingerprint density at radius 2 is 2.12 bits per heavy atom. The molecule has 0 radical (unpaired) electrons. The zero-order chi connectivity index (χ0) is 12.2. The summed E-state index contributed by atoms with van der Waals surface area (Å²) in [5, 5.41) is 12.4. The molecule has 0 saturated heterocycles. The van der Waals surface area contributed by atoms with Crippen LogP contribution in [0.25, 0.3) is 0 Å². The van der Waals surface area contributed by atoms with E-state index in [2.05, 4.69) is 21.2 Å². The second-order valence-corrected chi connectivity index (χ2v) is 5.22. The molecule has 0 spiro atoms. The highest BCUT2D eigenvalue weighted by Crippen LogP contribution is 2.25. The minimum absolute atomic E-state index is 0.115. The Balaban J connectivity index is 2.65. The van der Waals surface area contributed by atoms with Crippen LogP contribution in [0.3, 0.4) is 0 Å². The van der Waals surface area contributed by atoms with Crippen molar-refractivity contribution < 1.29 is 9.84 Å². The number of nitrogens with one attached hydrogen (secondary N) is 1. The van der Waals surface area contributed by atoms with E-state index in [1.54, 1.807) is 7.11 Å². The van der Waals surface area contributed by atoms with Crippen molar-refractivity contribution in [1.29, 1.82) is 0 Å². The lowest BCUT2D eigenvalue weighted by Crippen LogP contribution is -2.42. The molecule has 0 unspecified atom stereocenters. The van der Waals surface area contributed by atoms with Gasteiger partial charge in [0.2, 0.25) is 0 Å². The molecule has 16 heavy (non-hydrogen) atoms. The van der Waals surface area contributed by atoms with Crippen LogP contribution in [0, 0.1) is 0 Å². The van der Waals surface area contributed by atoms with E-state index in [1.165, 1.54) is 0 Å². The van der Waals surface area contributed by atoms with Gasteiger partial charge in [-0.1, -0.05) is 6.07 Å². The van der Waals surface area contributed by atoms with Crippen molar-refractivity contribution in [3.63, 3.8) is 0 Å². The predicted molar refractivity (Wildman–Crippen MR) is 68.7 cm³/mol. The average Bonchev–Trinajstić information content (AvgIpc) is 2.27. The molecular weight excluding hydrogens is 270 g/mol. The number of aliphatic hydroxyl groups is 1. The van der Waals surface area contributed by atoms with E-state index in [0.29, 0.717) is 0 Å². The quantitative estimate of drug-likeness (QED) is 0.873. The molecule has 0 aliphatic rings. The molecule has 0 saturated carbocycles. The number of aliphatic hydroxyl groups excluding tert-OH is 1. The maximum Gasteiger partial charge on any atom is 0.133 e. The maximum atomic E-state index is 9.12. The van der Waals surface area contributed by atoms with Gasteiger partial charge in [-0.15, -0.1) is 0 Å². The smallest absolute Gasteiger partial charge is 0.133 e. The molecule has 2 N–H and O–H groups in total. The fraction of sp³-hybridized carbons (Fsp3) is 0.500. The van der Waals surface area contributed by atoms with E-state index in [1.807, 2.05) is 32.0 Å². The summed E-state index contributed by atoms with van der Waals surface area (Å²) in [4.78, 5) is 0. The number of benzene rings is 1. The minimum Gasteiger partial charge on any atom is -0.496 e. The highest BCUT2D eigenvalue weighted by molar-refractivity contribution is 9.10. The number of methoxy groups -OCH3 is 1. The first-order valence-corrected chi connectivity index (χ1v) is 5.96. The van der Waals surface area contributed by atoms with Gasteiger partial charge in [-0.2, -0.15) is 0 Å². The monoisotopic (exact) mass is 287 g/mol. The first-order chi connectivity index (χ1) is 7.48. The Hall–Kier alpha value is -0.580. The third-order valence-corrected chi connectivity index (χ3v) is 3.00. The van der Waals surface area contributed by atoms with Crippen LogP contribution in [0.4, 0.5) is 0 Å². The normalized spacial score (nSPS) is 11.6. The fourth-order valence-electron chi connectivity index (χ4n) is 1.22. The molecule has 1 aromatic rings. The van der Waals surface area contributed by atoms with Gasteiger partial charge < -0.3 is 15.2 Å². The highest BCUT2D eigenvalue weighted by atomic mass is 79.9. The molecule has 3 nitrogen and oxygen atoms in total. The standard InChI is InChI=1S/C12H18BrNO2/c1-12(2,8-15)14-7-9-4-5-11(16-3)10(13)6-9/h4-6,14-15H,7-8H2,1-3H3. The van der Waals surface area contributed by atoms with Crippen molar-refractivity contribution in [1.82, 2.24) is 5.32 Å². The predicted octanol–water partition coefficient (Wildman–Crippen LogP) is 2.32. The van der Waals surface area contributed by atoms with Gasteiger partial charge in [0.15, 0.2) is 0 Å². The molecule has 0 atom stereocenters. The van der Waals surface area contributed by atoms with Crippen LogP contribution in [-0.4, -0.2) is 24.4 Å². The Bertz CT molecular complexity index is 353. The summed E-state index contributed by atoms with van der Waals surface area (Å²) in [6.45, 7) is 4.76. The summed E-state index contributed by atoms with van der Waals surface area (Å²) >= 11 is 3.44. The van der Waals surface area contributed by atoms with E-state index < -0.39 is 0 Å². The Kier molecular flexibility index (Phi) is 4.77. The number of halogens is 1. The SMILES string of the molecule is COc1ccc(CNC(C)(C)CO)cc1Br.